The molecule has 1 unspecified atom stereocenters. The fourth-order valence-corrected chi connectivity index (χ4v) is 4.14. The van der Waals surface area contributed by atoms with Crippen molar-refractivity contribution in [1.82, 2.24) is 4.90 Å². The molecule has 0 spiro atoms. The topological polar surface area (TPSA) is 46.6 Å². The average molecular weight is 355 g/mol. The number of benzene rings is 1. The normalized spacial score (nSPS) is 16.7. The predicted molar refractivity (Wildman–Crippen MR) is 99.6 cm³/mol. The lowest BCUT2D eigenvalue weighted by molar-refractivity contribution is -0.128. The summed E-state index contributed by atoms with van der Waals surface area (Å²) in [6.45, 7) is 2.88. The summed E-state index contributed by atoms with van der Waals surface area (Å²) in [5.74, 6) is -0.335. The van der Waals surface area contributed by atoms with Crippen molar-refractivity contribution in [3.8, 4) is 0 Å². The quantitative estimate of drug-likeness (QED) is 0.613. The number of thiophene rings is 1. The fraction of sp³-hybridized carbons (Fsp3) is 0.300. The van der Waals surface area contributed by atoms with Crippen LogP contribution in [-0.4, -0.2) is 30.4 Å². The third-order valence-electron chi connectivity index (χ3n) is 4.51. The molecule has 1 aliphatic heterocycles. The molecule has 0 radical (unpaired) electrons. The molecule has 3 rings (SSSR count). The Kier molecular flexibility index (Phi) is 5.34. The molecule has 0 fully saturated rings. The van der Waals surface area contributed by atoms with Crippen molar-refractivity contribution in [3.05, 3.63) is 63.4 Å². The lowest BCUT2D eigenvalue weighted by atomic mass is 9.97. The second-order valence-electron chi connectivity index (χ2n) is 5.95. The van der Waals surface area contributed by atoms with E-state index in [9.17, 15) is 9.59 Å². The number of methoxy groups -OCH3 is 1. The number of esters is 1. The van der Waals surface area contributed by atoms with Crippen molar-refractivity contribution < 1.29 is 14.3 Å². The van der Waals surface area contributed by atoms with Crippen LogP contribution < -0.4 is 0 Å². The van der Waals surface area contributed by atoms with Gasteiger partial charge in [-0.25, -0.2) is 4.79 Å². The van der Waals surface area contributed by atoms with E-state index < -0.39 is 0 Å². The van der Waals surface area contributed by atoms with Crippen molar-refractivity contribution >= 4 is 29.3 Å². The van der Waals surface area contributed by atoms with Gasteiger partial charge < -0.3 is 9.64 Å². The zero-order valence-corrected chi connectivity index (χ0v) is 15.2. The molecule has 0 saturated carbocycles. The van der Waals surface area contributed by atoms with Gasteiger partial charge in [0.25, 0.3) is 0 Å². The number of carbonyl (C=O) groups is 2. The second-order valence-corrected chi connectivity index (χ2v) is 6.95. The van der Waals surface area contributed by atoms with Crippen molar-refractivity contribution in [2.45, 2.75) is 25.8 Å². The first-order valence-electron chi connectivity index (χ1n) is 8.37. The molecule has 2 heterocycles. The Morgan fingerprint density at radius 3 is 2.72 bits per heavy atom. The largest absolute Gasteiger partial charge is 0.465 e. The van der Waals surface area contributed by atoms with Crippen molar-refractivity contribution in [3.63, 3.8) is 0 Å². The van der Waals surface area contributed by atoms with Gasteiger partial charge in [-0.05, 0) is 53.6 Å². The zero-order chi connectivity index (χ0) is 17.8. The molecule has 0 bridgehead atoms. The minimum absolute atomic E-state index is 0.0285. The van der Waals surface area contributed by atoms with E-state index in [0.29, 0.717) is 5.56 Å². The number of hydrogen-bond donors (Lipinski definition) is 0. The van der Waals surface area contributed by atoms with Gasteiger partial charge in [0.1, 0.15) is 0 Å². The van der Waals surface area contributed by atoms with E-state index in [1.165, 1.54) is 17.6 Å². The summed E-state index contributed by atoms with van der Waals surface area (Å²) in [5.41, 5.74) is 2.67. The Hall–Kier alpha value is -2.40. The number of nitrogens with zero attached hydrogens (tertiary/aromatic N) is 1. The van der Waals surface area contributed by atoms with Crippen molar-refractivity contribution in [2.24, 2.45) is 0 Å². The molecular weight excluding hydrogens is 334 g/mol. The van der Waals surface area contributed by atoms with Crippen LogP contribution in [0.5, 0.6) is 0 Å². The summed E-state index contributed by atoms with van der Waals surface area (Å²) in [4.78, 5) is 27.5. The van der Waals surface area contributed by atoms with Crippen LogP contribution in [-0.2, 0) is 16.0 Å². The summed E-state index contributed by atoms with van der Waals surface area (Å²) < 4.78 is 4.68. The molecule has 1 aromatic carbocycles. The lowest BCUT2D eigenvalue weighted by Crippen LogP contribution is -2.38. The van der Waals surface area contributed by atoms with Crippen LogP contribution in [0.3, 0.4) is 0 Å². The maximum Gasteiger partial charge on any atom is 0.337 e. The van der Waals surface area contributed by atoms with Gasteiger partial charge in [-0.15, -0.1) is 11.3 Å². The summed E-state index contributed by atoms with van der Waals surface area (Å²) in [6.07, 6.45) is 5.25. The summed E-state index contributed by atoms with van der Waals surface area (Å²) in [5, 5.41) is 2.11. The van der Waals surface area contributed by atoms with Gasteiger partial charge in [0, 0.05) is 17.5 Å². The third-order valence-corrected chi connectivity index (χ3v) is 5.51. The van der Waals surface area contributed by atoms with E-state index in [0.717, 1.165) is 24.9 Å². The van der Waals surface area contributed by atoms with E-state index in [1.807, 2.05) is 4.90 Å². The van der Waals surface area contributed by atoms with Crippen LogP contribution in [0, 0.1) is 0 Å². The first kappa shape index (κ1) is 17.4. The first-order valence-corrected chi connectivity index (χ1v) is 9.25. The van der Waals surface area contributed by atoms with E-state index in [4.69, 9.17) is 0 Å². The van der Waals surface area contributed by atoms with Crippen LogP contribution in [0.4, 0.5) is 0 Å². The minimum atomic E-state index is -0.364. The Morgan fingerprint density at radius 2 is 2.04 bits per heavy atom. The van der Waals surface area contributed by atoms with Crippen molar-refractivity contribution in [2.75, 3.05) is 13.7 Å². The molecule has 130 valence electrons. The molecule has 4 nitrogen and oxygen atoms in total. The van der Waals surface area contributed by atoms with Gasteiger partial charge in [0.05, 0.1) is 18.7 Å². The van der Waals surface area contributed by atoms with E-state index in [-0.39, 0.29) is 17.9 Å². The number of amides is 1. The average Bonchev–Trinajstić information content (AvgIpc) is 3.13. The SMILES string of the molecule is CCC1c2ccsc2CCN1C(=O)/C=C/c1ccc(C(=O)OC)cc1. The molecule has 1 atom stereocenters. The van der Waals surface area contributed by atoms with Crippen molar-refractivity contribution in [1.29, 1.82) is 0 Å². The maximum absolute atomic E-state index is 12.7. The van der Waals surface area contributed by atoms with Crippen LogP contribution in [0.15, 0.2) is 41.8 Å². The zero-order valence-electron chi connectivity index (χ0n) is 14.4. The number of carbonyl (C=O) groups excluding carboxylic acids is 2. The van der Waals surface area contributed by atoms with Gasteiger partial charge in [-0.1, -0.05) is 19.1 Å². The summed E-state index contributed by atoms with van der Waals surface area (Å²) in [7, 11) is 1.36. The van der Waals surface area contributed by atoms with E-state index >= 15 is 0 Å². The van der Waals surface area contributed by atoms with Crippen LogP contribution >= 0.6 is 11.3 Å². The van der Waals surface area contributed by atoms with Crippen LogP contribution in [0.2, 0.25) is 0 Å². The molecular formula is C20H21NO3S. The highest BCUT2D eigenvalue weighted by Gasteiger charge is 2.29. The number of ether oxygens (including phenoxy) is 1. The minimum Gasteiger partial charge on any atom is -0.465 e. The maximum atomic E-state index is 12.7. The standard InChI is InChI=1S/C20H21NO3S/c1-3-17-16-11-13-25-18(16)10-12-21(17)19(22)9-6-14-4-7-15(8-5-14)20(23)24-2/h4-9,11,13,17H,3,10,12H2,1-2H3/b9-6+. The molecule has 1 aromatic heterocycles. The molecule has 1 aliphatic rings. The van der Waals surface area contributed by atoms with Gasteiger partial charge in [0.15, 0.2) is 0 Å². The van der Waals surface area contributed by atoms with E-state index in [2.05, 4.69) is 23.1 Å². The lowest BCUT2D eigenvalue weighted by Gasteiger charge is -2.34. The number of rotatable bonds is 4. The molecule has 1 amide bonds. The Morgan fingerprint density at radius 1 is 1.28 bits per heavy atom. The smallest absolute Gasteiger partial charge is 0.337 e. The molecule has 5 heteroatoms. The highest BCUT2D eigenvalue weighted by molar-refractivity contribution is 7.10. The number of hydrogen-bond acceptors (Lipinski definition) is 4. The van der Waals surface area contributed by atoms with E-state index in [1.54, 1.807) is 47.8 Å². The molecule has 25 heavy (non-hydrogen) atoms. The molecule has 0 N–H and O–H groups in total. The molecule has 0 aliphatic carbocycles. The highest BCUT2D eigenvalue weighted by Crippen LogP contribution is 2.35. The summed E-state index contributed by atoms with van der Waals surface area (Å²) >= 11 is 1.78. The Balaban J connectivity index is 1.71. The van der Waals surface area contributed by atoms with Crippen LogP contribution in [0.1, 0.15) is 45.7 Å². The predicted octanol–water partition coefficient (Wildman–Crippen LogP) is 4.08. The Bertz CT molecular complexity index is 792. The van der Waals surface area contributed by atoms with Gasteiger partial charge in [-0.2, -0.15) is 0 Å². The Labute approximate surface area is 151 Å². The van der Waals surface area contributed by atoms with Crippen LogP contribution in [0.25, 0.3) is 6.08 Å². The van der Waals surface area contributed by atoms with Gasteiger partial charge >= 0.3 is 5.97 Å². The fourth-order valence-electron chi connectivity index (χ4n) is 3.21. The highest BCUT2D eigenvalue weighted by atomic mass is 32.1. The summed E-state index contributed by atoms with van der Waals surface area (Å²) in [6, 6.07) is 9.31. The first-order chi connectivity index (χ1) is 12.1. The van der Waals surface area contributed by atoms with Gasteiger partial charge in [0.2, 0.25) is 5.91 Å². The second kappa shape index (κ2) is 7.66. The molecule has 0 saturated heterocycles. The van der Waals surface area contributed by atoms with Gasteiger partial charge in [-0.3, -0.25) is 4.79 Å². The molecule has 2 aromatic rings. The number of fused-ring (bicyclic) bond motifs is 1. The third kappa shape index (κ3) is 3.66. The monoisotopic (exact) mass is 355 g/mol.